The van der Waals surface area contributed by atoms with Crippen molar-refractivity contribution in [3.63, 3.8) is 0 Å². The Hall–Kier alpha value is -1.86. The van der Waals surface area contributed by atoms with Crippen molar-refractivity contribution in [1.82, 2.24) is 4.90 Å². The van der Waals surface area contributed by atoms with Gasteiger partial charge in [0.05, 0.1) is 17.6 Å². The van der Waals surface area contributed by atoms with Gasteiger partial charge in [0.2, 0.25) is 0 Å². The number of nitrogens with zero attached hydrogens (tertiary/aromatic N) is 2. The number of rotatable bonds is 4. The highest BCUT2D eigenvalue weighted by Crippen LogP contribution is 2.31. The van der Waals surface area contributed by atoms with E-state index < -0.39 is 4.92 Å². The second-order valence-electron chi connectivity index (χ2n) is 5.12. The molecule has 1 unspecified atom stereocenters. The summed E-state index contributed by atoms with van der Waals surface area (Å²) in [6.07, 6.45) is 1.09. The van der Waals surface area contributed by atoms with Crippen LogP contribution in [-0.2, 0) is 4.74 Å². The van der Waals surface area contributed by atoms with E-state index in [2.05, 4.69) is 4.90 Å². The third-order valence-electron chi connectivity index (χ3n) is 3.74. The van der Waals surface area contributed by atoms with Gasteiger partial charge in [0.1, 0.15) is 11.9 Å². The van der Waals surface area contributed by atoms with Crippen molar-refractivity contribution in [2.45, 2.75) is 18.6 Å². The number of phenolic OH excluding ortho intramolecular Hbond substituents is 1. The van der Waals surface area contributed by atoms with Gasteiger partial charge in [-0.1, -0.05) is 0 Å². The van der Waals surface area contributed by atoms with E-state index in [9.17, 15) is 15.2 Å². The van der Waals surface area contributed by atoms with Crippen LogP contribution >= 0.6 is 0 Å². The van der Waals surface area contributed by atoms with Crippen LogP contribution in [0.1, 0.15) is 6.42 Å². The Morgan fingerprint density at radius 1 is 1.45 bits per heavy atom. The Labute approximate surface area is 115 Å². The zero-order valence-corrected chi connectivity index (χ0v) is 10.9. The fourth-order valence-corrected chi connectivity index (χ4v) is 2.57. The van der Waals surface area contributed by atoms with Crippen LogP contribution < -0.4 is 4.74 Å². The number of phenols is 1. The molecule has 1 N–H and O–H groups in total. The molecule has 1 aromatic carbocycles. The first-order valence-corrected chi connectivity index (χ1v) is 6.59. The Kier molecular flexibility index (Phi) is 3.45. The lowest BCUT2D eigenvalue weighted by Gasteiger charge is -2.42. The van der Waals surface area contributed by atoms with Gasteiger partial charge in [-0.2, -0.15) is 0 Å². The van der Waals surface area contributed by atoms with Crippen molar-refractivity contribution in [1.29, 1.82) is 0 Å². The lowest BCUT2D eigenvalue weighted by molar-refractivity contribution is -0.386. The summed E-state index contributed by atoms with van der Waals surface area (Å²) in [4.78, 5) is 12.4. The predicted molar refractivity (Wildman–Crippen MR) is 70.0 cm³/mol. The van der Waals surface area contributed by atoms with Gasteiger partial charge in [-0.3, -0.25) is 15.0 Å². The predicted octanol–water partition coefficient (Wildman–Crippen LogP) is 1.15. The smallest absolute Gasteiger partial charge is 0.314 e. The van der Waals surface area contributed by atoms with Gasteiger partial charge in [-0.25, -0.2) is 0 Å². The largest absolute Gasteiger partial charge is 0.502 e. The van der Waals surface area contributed by atoms with E-state index in [-0.39, 0.29) is 17.5 Å². The number of hydrogen-bond donors (Lipinski definition) is 1. The van der Waals surface area contributed by atoms with Gasteiger partial charge in [-0.05, 0) is 18.6 Å². The number of benzene rings is 1. The highest BCUT2D eigenvalue weighted by atomic mass is 16.6. The van der Waals surface area contributed by atoms with E-state index in [1.807, 2.05) is 0 Å². The average Bonchev–Trinajstić information content (AvgIpc) is 2.88. The Morgan fingerprint density at radius 3 is 2.90 bits per heavy atom. The highest BCUT2D eigenvalue weighted by molar-refractivity contribution is 5.49. The summed E-state index contributed by atoms with van der Waals surface area (Å²) in [5.74, 6) is 0.0718. The minimum atomic E-state index is -0.620. The highest BCUT2D eigenvalue weighted by Gasteiger charge is 2.35. The molecule has 2 saturated heterocycles. The second-order valence-corrected chi connectivity index (χ2v) is 5.12. The van der Waals surface area contributed by atoms with Crippen LogP contribution in [0.25, 0.3) is 0 Å². The third kappa shape index (κ3) is 2.54. The zero-order chi connectivity index (χ0) is 14.1. The van der Waals surface area contributed by atoms with Crippen LogP contribution in [0.3, 0.4) is 0 Å². The molecule has 0 radical (unpaired) electrons. The fraction of sp³-hybridized carbons (Fsp3) is 0.538. The molecule has 3 rings (SSSR count). The molecule has 0 saturated carbocycles. The van der Waals surface area contributed by atoms with Crippen LogP contribution in [0.4, 0.5) is 5.69 Å². The first-order chi connectivity index (χ1) is 9.63. The summed E-state index contributed by atoms with van der Waals surface area (Å²) in [6, 6.07) is 4.57. The number of nitro benzene ring substituents is 1. The molecule has 108 valence electrons. The Bertz CT molecular complexity index is 509. The molecular formula is C13H16N2O5. The van der Waals surface area contributed by atoms with Crippen molar-refractivity contribution in [2.24, 2.45) is 0 Å². The topological polar surface area (TPSA) is 85.1 Å². The van der Waals surface area contributed by atoms with Crippen molar-refractivity contribution >= 4 is 5.69 Å². The molecule has 7 nitrogen and oxygen atoms in total. The minimum Gasteiger partial charge on any atom is -0.502 e. The van der Waals surface area contributed by atoms with Gasteiger partial charge in [-0.15, -0.1) is 0 Å². The number of nitro groups is 1. The third-order valence-corrected chi connectivity index (χ3v) is 3.74. The molecule has 2 aliphatic rings. The first kappa shape index (κ1) is 13.1. The monoisotopic (exact) mass is 280 g/mol. The van der Waals surface area contributed by atoms with Crippen LogP contribution in [0.15, 0.2) is 18.2 Å². The number of aromatic hydroxyl groups is 1. The first-order valence-electron chi connectivity index (χ1n) is 6.59. The van der Waals surface area contributed by atoms with Gasteiger partial charge in [0.15, 0.2) is 5.75 Å². The lowest BCUT2D eigenvalue weighted by Crippen LogP contribution is -2.57. The maximum Gasteiger partial charge on any atom is 0.314 e. The molecule has 7 heteroatoms. The maximum absolute atomic E-state index is 10.7. The molecule has 0 aliphatic carbocycles. The van der Waals surface area contributed by atoms with E-state index in [0.717, 1.165) is 32.7 Å². The SMILES string of the molecule is O=[N+]([O-])c1cc(OC2CN(C3CCOC3)C2)ccc1O. The molecule has 20 heavy (non-hydrogen) atoms. The molecule has 0 amide bonds. The van der Waals surface area contributed by atoms with Crippen molar-refractivity contribution in [3.05, 3.63) is 28.3 Å². The van der Waals surface area contributed by atoms with Gasteiger partial charge in [0, 0.05) is 25.7 Å². The minimum absolute atomic E-state index is 0.0414. The van der Waals surface area contributed by atoms with Crippen molar-refractivity contribution < 1.29 is 19.5 Å². The molecular weight excluding hydrogens is 264 g/mol. The van der Waals surface area contributed by atoms with E-state index in [1.165, 1.54) is 12.1 Å². The molecule has 2 heterocycles. The van der Waals surface area contributed by atoms with E-state index in [1.54, 1.807) is 6.07 Å². The van der Waals surface area contributed by atoms with Gasteiger partial charge < -0.3 is 14.6 Å². The molecule has 1 aromatic rings. The van der Waals surface area contributed by atoms with E-state index >= 15 is 0 Å². The van der Waals surface area contributed by atoms with Crippen LogP contribution in [0.2, 0.25) is 0 Å². The summed E-state index contributed by atoms with van der Waals surface area (Å²) >= 11 is 0. The summed E-state index contributed by atoms with van der Waals surface area (Å²) in [5.41, 5.74) is -0.331. The summed E-state index contributed by atoms with van der Waals surface area (Å²) < 4.78 is 11.0. The summed E-state index contributed by atoms with van der Waals surface area (Å²) in [7, 11) is 0. The van der Waals surface area contributed by atoms with Crippen molar-refractivity contribution in [3.8, 4) is 11.5 Å². The van der Waals surface area contributed by atoms with Gasteiger partial charge in [0.25, 0.3) is 0 Å². The number of ether oxygens (including phenoxy) is 2. The van der Waals surface area contributed by atoms with E-state index in [0.29, 0.717) is 11.8 Å². The van der Waals surface area contributed by atoms with Crippen molar-refractivity contribution in [2.75, 3.05) is 26.3 Å². The maximum atomic E-state index is 10.7. The van der Waals surface area contributed by atoms with Gasteiger partial charge >= 0.3 is 5.69 Å². The average molecular weight is 280 g/mol. The quantitative estimate of drug-likeness (QED) is 0.658. The van der Waals surface area contributed by atoms with E-state index in [4.69, 9.17) is 9.47 Å². The molecule has 1 atom stereocenters. The molecule has 0 aromatic heterocycles. The Morgan fingerprint density at radius 2 is 2.25 bits per heavy atom. The fourth-order valence-electron chi connectivity index (χ4n) is 2.57. The number of likely N-dealkylation sites (tertiary alicyclic amines) is 1. The molecule has 0 bridgehead atoms. The molecule has 2 fully saturated rings. The summed E-state index contributed by atoms with van der Waals surface area (Å²) in [5, 5.41) is 20.1. The van der Waals surface area contributed by atoms with Crippen LogP contribution in [0, 0.1) is 10.1 Å². The Balaban J connectivity index is 1.57. The van der Waals surface area contributed by atoms with Crippen LogP contribution in [-0.4, -0.2) is 53.4 Å². The normalized spacial score (nSPS) is 23.5. The lowest BCUT2D eigenvalue weighted by atomic mass is 10.1. The zero-order valence-electron chi connectivity index (χ0n) is 10.9. The standard InChI is InChI=1S/C13H16N2O5/c16-13-2-1-10(5-12(13)15(17)18)20-11-6-14(7-11)9-3-4-19-8-9/h1-2,5,9,11,16H,3-4,6-8H2. The number of hydrogen-bond acceptors (Lipinski definition) is 6. The molecule has 2 aliphatic heterocycles. The second kappa shape index (κ2) is 5.26. The molecule has 0 spiro atoms. The van der Waals surface area contributed by atoms with Crippen LogP contribution in [0.5, 0.6) is 11.5 Å². The summed E-state index contributed by atoms with van der Waals surface area (Å²) in [6.45, 7) is 3.21.